The number of para-hydroxylation sites is 1. The van der Waals surface area contributed by atoms with Crippen LogP contribution in [0.3, 0.4) is 0 Å². The van der Waals surface area contributed by atoms with Crippen LogP contribution in [0.2, 0.25) is 0 Å². The van der Waals surface area contributed by atoms with Crippen molar-refractivity contribution in [1.82, 2.24) is 0 Å². The molecule has 166 valence electrons. The van der Waals surface area contributed by atoms with Crippen molar-refractivity contribution in [3.05, 3.63) is 78.4 Å². The van der Waals surface area contributed by atoms with Gasteiger partial charge in [-0.3, -0.25) is 9.69 Å². The van der Waals surface area contributed by atoms with E-state index in [9.17, 15) is 9.59 Å². The number of carbonyl (C=O) groups is 2. The molecule has 3 rings (SSSR count). The van der Waals surface area contributed by atoms with E-state index in [0.717, 1.165) is 18.6 Å². The Morgan fingerprint density at radius 3 is 2.03 bits per heavy atom. The summed E-state index contributed by atoms with van der Waals surface area (Å²) in [6, 6.07) is 21.4. The number of anilines is 2. The van der Waals surface area contributed by atoms with Gasteiger partial charge in [-0.05, 0) is 67.1 Å². The average Bonchev–Trinajstić information content (AvgIpc) is 2.81. The lowest BCUT2D eigenvalue weighted by Gasteiger charge is -2.23. The second-order valence-corrected chi connectivity index (χ2v) is 7.13. The Hall–Kier alpha value is -3.80. The molecule has 0 bridgehead atoms. The summed E-state index contributed by atoms with van der Waals surface area (Å²) < 4.78 is 16.4. The highest BCUT2D eigenvalue weighted by molar-refractivity contribution is 6.06. The normalized spacial score (nSPS) is 10.3. The summed E-state index contributed by atoms with van der Waals surface area (Å²) in [6.45, 7) is 4.27. The van der Waals surface area contributed by atoms with Crippen LogP contribution in [0.1, 0.15) is 37.0 Å². The maximum absolute atomic E-state index is 12.4. The molecule has 6 heteroatoms. The van der Waals surface area contributed by atoms with E-state index in [1.54, 1.807) is 48.5 Å². The highest BCUT2D eigenvalue weighted by Crippen LogP contribution is 2.32. The summed E-state index contributed by atoms with van der Waals surface area (Å²) in [7, 11) is 1.31. The molecule has 0 fully saturated rings. The van der Waals surface area contributed by atoms with E-state index in [-0.39, 0.29) is 5.91 Å². The minimum Gasteiger partial charge on any atom is -0.494 e. The smallest absolute Gasteiger partial charge is 0.339 e. The van der Waals surface area contributed by atoms with Crippen molar-refractivity contribution in [3.63, 3.8) is 0 Å². The van der Waals surface area contributed by atoms with Crippen molar-refractivity contribution >= 4 is 23.3 Å². The Labute approximate surface area is 188 Å². The van der Waals surface area contributed by atoms with Gasteiger partial charge in [0.2, 0.25) is 5.91 Å². The van der Waals surface area contributed by atoms with Gasteiger partial charge in [0.1, 0.15) is 17.2 Å². The van der Waals surface area contributed by atoms with Crippen molar-refractivity contribution < 1.29 is 23.8 Å². The first-order chi connectivity index (χ1) is 15.5. The predicted molar refractivity (Wildman–Crippen MR) is 124 cm³/mol. The zero-order chi connectivity index (χ0) is 22.9. The average molecular weight is 434 g/mol. The molecule has 0 radical (unpaired) electrons. The van der Waals surface area contributed by atoms with E-state index in [2.05, 4.69) is 6.92 Å². The molecule has 0 aliphatic carbocycles. The number of benzene rings is 3. The molecule has 6 nitrogen and oxygen atoms in total. The Balaban J connectivity index is 1.77. The van der Waals surface area contributed by atoms with Crippen molar-refractivity contribution in [2.24, 2.45) is 0 Å². The second kappa shape index (κ2) is 11.0. The number of amides is 1. The number of esters is 1. The van der Waals surface area contributed by atoms with Gasteiger partial charge in [-0.1, -0.05) is 25.5 Å². The van der Waals surface area contributed by atoms with Crippen LogP contribution in [-0.4, -0.2) is 25.6 Å². The number of nitrogens with zero attached hydrogens (tertiary/aromatic N) is 1. The highest BCUT2D eigenvalue weighted by atomic mass is 16.5. The molecule has 0 heterocycles. The monoisotopic (exact) mass is 433 g/mol. The molecular formula is C26H27NO5. The van der Waals surface area contributed by atoms with Gasteiger partial charge in [0, 0.05) is 12.6 Å². The third kappa shape index (κ3) is 5.66. The van der Waals surface area contributed by atoms with Crippen molar-refractivity contribution in [2.75, 3.05) is 18.6 Å². The lowest BCUT2D eigenvalue weighted by atomic mass is 10.1. The first-order valence-electron chi connectivity index (χ1n) is 10.5. The molecular weight excluding hydrogens is 406 g/mol. The summed E-state index contributed by atoms with van der Waals surface area (Å²) in [5.74, 6) is 1.38. The summed E-state index contributed by atoms with van der Waals surface area (Å²) >= 11 is 0. The van der Waals surface area contributed by atoms with E-state index in [4.69, 9.17) is 14.2 Å². The SMILES string of the molecule is CCCCOc1ccc(Oc2ccc(N(C(C)=O)c3ccccc3C(=O)OC)cc2)cc1. The number of hydrogen-bond acceptors (Lipinski definition) is 5. The Kier molecular flexibility index (Phi) is 7.86. The Morgan fingerprint density at radius 1 is 0.844 bits per heavy atom. The number of carbonyl (C=O) groups excluding carboxylic acids is 2. The third-order valence-corrected chi connectivity index (χ3v) is 4.79. The summed E-state index contributed by atoms with van der Waals surface area (Å²) in [4.78, 5) is 26.1. The molecule has 0 spiro atoms. The molecule has 0 saturated heterocycles. The van der Waals surface area contributed by atoms with E-state index in [1.165, 1.54) is 18.9 Å². The van der Waals surface area contributed by atoms with Gasteiger partial charge in [0.25, 0.3) is 0 Å². The fraction of sp³-hybridized carbons (Fsp3) is 0.231. The molecule has 32 heavy (non-hydrogen) atoms. The lowest BCUT2D eigenvalue weighted by molar-refractivity contribution is -0.115. The highest BCUT2D eigenvalue weighted by Gasteiger charge is 2.21. The van der Waals surface area contributed by atoms with Crippen LogP contribution in [0, 0.1) is 0 Å². The lowest BCUT2D eigenvalue weighted by Crippen LogP contribution is -2.25. The van der Waals surface area contributed by atoms with Crippen molar-refractivity contribution in [2.45, 2.75) is 26.7 Å². The quantitative estimate of drug-likeness (QED) is 0.300. The molecule has 1 amide bonds. The van der Waals surface area contributed by atoms with Gasteiger partial charge in [-0.2, -0.15) is 0 Å². The van der Waals surface area contributed by atoms with Gasteiger partial charge in [-0.15, -0.1) is 0 Å². The van der Waals surface area contributed by atoms with E-state index in [0.29, 0.717) is 35.0 Å². The fourth-order valence-corrected chi connectivity index (χ4v) is 3.18. The van der Waals surface area contributed by atoms with Gasteiger partial charge in [0.15, 0.2) is 0 Å². The number of hydrogen-bond donors (Lipinski definition) is 0. The van der Waals surface area contributed by atoms with Crippen LogP contribution in [0.15, 0.2) is 72.8 Å². The summed E-state index contributed by atoms with van der Waals surface area (Å²) in [6.07, 6.45) is 2.11. The predicted octanol–water partition coefficient (Wildman–Crippen LogP) is 6.13. The molecule has 0 N–H and O–H groups in total. The van der Waals surface area contributed by atoms with Crippen LogP contribution < -0.4 is 14.4 Å². The Bertz CT molecular complexity index is 1040. The van der Waals surface area contributed by atoms with E-state index in [1.807, 2.05) is 24.3 Å². The minimum absolute atomic E-state index is 0.228. The van der Waals surface area contributed by atoms with Gasteiger partial charge < -0.3 is 14.2 Å². The maximum Gasteiger partial charge on any atom is 0.339 e. The number of methoxy groups -OCH3 is 1. The molecule has 0 unspecified atom stereocenters. The zero-order valence-corrected chi connectivity index (χ0v) is 18.5. The third-order valence-electron chi connectivity index (χ3n) is 4.79. The molecule has 0 atom stereocenters. The van der Waals surface area contributed by atoms with Gasteiger partial charge in [-0.25, -0.2) is 4.79 Å². The standard InChI is InChI=1S/C26H27NO5/c1-4-5-18-31-21-14-16-23(17-15-21)32-22-12-10-20(11-13-22)27(19(2)28)25-9-7-6-8-24(25)26(29)30-3/h6-17H,4-5,18H2,1-3H3. The summed E-state index contributed by atoms with van der Waals surface area (Å²) in [5.41, 5.74) is 1.38. The second-order valence-electron chi connectivity index (χ2n) is 7.13. The van der Waals surface area contributed by atoms with Crippen molar-refractivity contribution in [1.29, 1.82) is 0 Å². The largest absolute Gasteiger partial charge is 0.494 e. The minimum atomic E-state index is -0.506. The Morgan fingerprint density at radius 2 is 1.44 bits per heavy atom. The molecule has 3 aromatic carbocycles. The van der Waals surface area contributed by atoms with Crippen LogP contribution in [-0.2, 0) is 9.53 Å². The topological polar surface area (TPSA) is 65.1 Å². The first-order valence-corrected chi connectivity index (χ1v) is 10.5. The zero-order valence-electron chi connectivity index (χ0n) is 18.5. The van der Waals surface area contributed by atoms with Gasteiger partial charge in [0.05, 0.1) is 25.0 Å². The van der Waals surface area contributed by atoms with Crippen LogP contribution in [0.5, 0.6) is 17.2 Å². The number of ether oxygens (including phenoxy) is 3. The number of unbranched alkanes of at least 4 members (excludes halogenated alkanes) is 1. The first kappa shape index (κ1) is 22.9. The molecule has 0 aliphatic heterocycles. The van der Waals surface area contributed by atoms with E-state index >= 15 is 0 Å². The molecule has 0 saturated carbocycles. The molecule has 0 aliphatic rings. The van der Waals surface area contributed by atoms with Crippen molar-refractivity contribution in [3.8, 4) is 17.2 Å². The van der Waals surface area contributed by atoms with E-state index < -0.39 is 5.97 Å². The fourth-order valence-electron chi connectivity index (χ4n) is 3.18. The van der Waals surface area contributed by atoms with Crippen LogP contribution in [0.25, 0.3) is 0 Å². The van der Waals surface area contributed by atoms with Crippen LogP contribution >= 0.6 is 0 Å². The van der Waals surface area contributed by atoms with Gasteiger partial charge >= 0.3 is 5.97 Å². The summed E-state index contributed by atoms with van der Waals surface area (Å²) in [5, 5.41) is 0. The maximum atomic E-state index is 12.4. The van der Waals surface area contributed by atoms with Crippen LogP contribution in [0.4, 0.5) is 11.4 Å². The number of rotatable bonds is 9. The molecule has 3 aromatic rings. The molecule has 0 aromatic heterocycles.